The van der Waals surface area contributed by atoms with Crippen LogP contribution in [0, 0.1) is 11.8 Å². The van der Waals surface area contributed by atoms with Crippen LogP contribution in [0.4, 0.5) is 4.79 Å². The summed E-state index contributed by atoms with van der Waals surface area (Å²) >= 11 is 1.35. The van der Waals surface area contributed by atoms with Gasteiger partial charge in [-0.25, -0.2) is 9.59 Å². The van der Waals surface area contributed by atoms with E-state index in [1.807, 2.05) is 37.3 Å². The highest BCUT2D eigenvalue weighted by Crippen LogP contribution is 2.52. The Kier molecular flexibility index (Phi) is 5.24. The molecule has 0 saturated carbocycles. The molecule has 0 spiro atoms. The normalized spacial score (nSPS) is 31.8. The van der Waals surface area contributed by atoms with Gasteiger partial charge in [-0.05, 0) is 18.9 Å². The zero-order valence-electron chi connectivity index (χ0n) is 18.2. The summed E-state index contributed by atoms with van der Waals surface area (Å²) in [6.07, 6.45) is -0.425. The number of rotatable bonds is 6. The van der Waals surface area contributed by atoms with E-state index in [2.05, 4.69) is 0 Å². The molecule has 2 N–H and O–H groups in total. The summed E-state index contributed by atoms with van der Waals surface area (Å²) < 4.78 is 0. The fourth-order valence-electron chi connectivity index (χ4n) is 5.53. The minimum atomic E-state index is -1.18. The van der Waals surface area contributed by atoms with Crippen LogP contribution < -0.4 is 0 Å². The van der Waals surface area contributed by atoms with Crippen molar-refractivity contribution < 1.29 is 29.4 Å². The highest BCUT2D eigenvalue weighted by molar-refractivity contribution is 8.03. The van der Waals surface area contributed by atoms with Crippen molar-refractivity contribution in [2.45, 2.75) is 50.3 Å². The van der Waals surface area contributed by atoms with Gasteiger partial charge >= 0.3 is 12.0 Å². The summed E-state index contributed by atoms with van der Waals surface area (Å²) in [6.45, 7) is 3.98. The van der Waals surface area contributed by atoms with Crippen molar-refractivity contribution >= 4 is 35.6 Å². The lowest BCUT2D eigenvalue weighted by Gasteiger charge is -2.46. The molecule has 4 amide bonds. The molecule has 0 aromatic heterocycles. The number of carboxylic acid groups (broad SMARTS) is 1. The third-order valence-corrected chi connectivity index (χ3v) is 8.57. The van der Waals surface area contributed by atoms with Gasteiger partial charge in [-0.1, -0.05) is 37.3 Å². The number of aliphatic carboxylic acids is 1. The predicted molar refractivity (Wildman–Crippen MR) is 119 cm³/mol. The summed E-state index contributed by atoms with van der Waals surface area (Å²) in [5.41, 5.74) is 0.846. The molecule has 33 heavy (non-hydrogen) atoms. The van der Waals surface area contributed by atoms with Gasteiger partial charge in [0.15, 0.2) is 0 Å². The molecule has 0 bridgehead atoms. The zero-order chi connectivity index (χ0) is 23.6. The molecule has 0 unspecified atom stereocenters. The number of urea groups is 1. The van der Waals surface area contributed by atoms with E-state index in [1.54, 1.807) is 11.8 Å². The summed E-state index contributed by atoms with van der Waals surface area (Å²) in [6, 6.07) is 8.09. The van der Waals surface area contributed by atoms with E-state index >= 15 is 0 Å². The van der Waals surface area contributed by atoms with Crippen molar-refractivity contribution in [1.82, 2.24) is 14.7 Å². The van der Waals surface area contributed by atoms with E-state index in [-0.39, 0.29) is 47.3 Å². The molecule has 1 aromatic rings. The standard InChI is InChI=1S/C23H25N3O6S/c1-11-17-16(12(2)27)21(29)26(17)18(22(30)31)19(11)33-14-8-15-20(28)25(23(32)24(15)10-14)9-13-6-4-3-5-7-13/h3-7,11-12,14-17,27H,8-10H2,1-2H3,(H,30,31)/t11-,12-,14+,15+,16-,17-/m1/s1. The smallest absolute Gasteiger partial charge is 0.353 e. The van der Waals surface area contributed by atoms with Crippen LogP contribution in [0.15, 0.2) is 40.9 Å². The molecule has 4 aliphatic heterocycles. The number of carbonyl (C=O) groups excluding carboxylic acids is 3. The van der Waals surface area contributed by atoms with E-state index in [1.165, 1.54) is 21.6 Å². The third-order valence-electron chi connectivity index (χ3n) is 7.08. The maximum Gasteiger partial charge on any atom is 0.353 e. The van der Waals surface area contributed by atoms with Crippen LogP contribution in [0.1, 0.15) is 25.8 Å². The maximum atomic E-state index is 13.0. The van der Waals surface area contributed by atoms with Gasteiger partial charge in [-0.2, -0.15) is 0 Å². The second kappa shape index (κ2) is 7.88. The van der Waals surface area contributed by atoms with Crippen molar-refractivity contribution in [2.24, 2.45) is 11.8 Å². The minimum Gasteiger partial charge on any atom is -0.477 e. The lowest BCUT2D eigenvalue weighted by atomic mass is 9.79. The molecule has 5 rings (SSSR count). The molecular formula is C23H25N3O6S. The number of thioether (sulfide) groups is 1. The molecule has 3 saturated heterocycles. The van der Waals surface area contributed by atoms with E-state index in [0.717, 1.165) is 5.56 Å². The first-order valence-corrected chi connectivity index (χ1v) is 11.9. The Balaban J connectivity index is 1.31. The Bertz CT molecular complexity index is 1050. The number of β-lactam (4-membered cyclic amide) rings is 1. The van der Waals surface area contributed by atoms with Crippen molar-refractivity contribution in [3.63, 3.8) is 0 Å². The number of carboxylic acids is 1. The third kappa shape index (κ3) is 3.26. The van der Waals surface area contributed by atoms with Gasteiger partial charge in [0.1, 0.15) is 11.7 Å². The number of amides is 4. The molecule has 4 heterocycles. The summed E-state index contributed by atoms with van der Waals surface area (Å²) in [7, 11) is 0. The van der Waals surface area contributed by atoms with Crippen LogP contribution in [-0.2, 0) is 20.9 Å². The maximum absolute atomic E-state index is 13.0. The van der Waals surface area contributed by atoms with Gasteiger partial charge < -0.3 is 20.0 Å². The topological polar surface area (TPSA) is 118 Å². The minimum absolute atomic E-state index is 0.0326. The van der Waals surface area contributed by atoms with Gasteiger partial charge in [-0.3, -0.25) is 14.5 Å². The fraction of sp³-hybridized carbons (Fsp3) is 0.478. The number of aliphatic hydroxyl groups excluding tert-OH is 1. The second-order valence-corrected chi connectivity index (χ2v) is 10.5. The van der Waals surface area contributed by atoms with E-state index in [9.17, 15) is 29.4 Å². The largest absolute Gasteiger partial charge is 0.477 e. The molecule has 3 fully saturated rings. The van der Waals surface area contributed by atoms with Crippen molar-refractivity contribution in [1.29, 1.82) is 0 Å². The highest BCUT2D eigenvalue weighted by atomic mass is 32.2. The Labute approximate surface area is 195 Å². The van der Waals surface area contributed by atoms with Gasteiger partial charge in [0.2, 0.25) is 5.91 Å². The number of imide groups is 1. The molecule has 0 radical (unpaired) electrons. The molecule has 9 nitrogen and oxygen atoms in total. The van der Waals surface area contributed by atoms with Crippen molar-refractivity contribution in [2.75, 3.05) is 6.54 Å². The number of carbonyl (C=O) groups is 4. The lowest BCUT2D eigenvalue weighted by Crippen LogP contribution is -2.63. The first-order chi connectivity index (χ1) is 15.7. The second-order valence-electron chi connectivity index (χ2n) is 9.11. The highest BCUT2D eigenvalue weighted by Gasteiger charge is 2.60. The average Bonchev–Trinajstić information content (AvgIpc) is 3.36. The van der Waals surface area contributed by atoms with Crippen molar-refractivity contribution in [3.8, 4) is 0 Å². The quantitative estimate of drug-likeness (QED) is 0.477. The van der Waals surface area contributed by atoms with Crippen LogP contribution in [0.3, 0.4) is 0 Å². The Hall–Kier alpha value is -2.85. The Morgan fingerprint density at radius 1 is 1.18 bits per heavy atom. The number of benzene rings is 1. The van der Waals surface area contributed by atoms with E-state index < -0.39 is 24.0 Å². The fourth-order valence-corrected chi connectivity index (χ4v) is 7.05. The van der Waals surface area contributed by atoms with Gasteiger partial charge in [0.05, 0.1) is 24.6 Å². The number of aliphatic hydroxyl groups is 1. The van der Waals surface area contributed by atoms with Crippen LogP contribution in [0.2, 0.25) is 0 Å². The molecular weight excluding hydrogens is 446 g/mol. The molecule has 6 atom stereocenters. The van der Waals surface area contributed by atoms with Gasteiger partial charge in [0.25, 0.3) is 5.91 Å². The predicted octanol–water partition coefficient (Wildman–Crippen LogP) is 1.48. The summed E-state index contributed by atoms with van der Waals surface area (Å²) in [5, 5.41) is 19.7. The molecule has 0 aliphatic carbocycles. The molecule has 1 aromatic carbocycles. The van der Waals surface area contributed by atoms with Crippen LogP contribution in [0.25, 0.3) is 0 Å². The number of hydrogen-bond acceptors (Lipinski definition) is 6. The average molecular weight is 472 g/mol. The van der Waals surface area contributed by atoms with Crippen LogP contribution >= 0.6 is 11.8 Å². The summed E-state index contributed by atoms with van der Waals surface area (Å²) in [5.74, 6) is -2.64. The van der Waals surface area contributed by atoms with E-state index in [4.69, 9.17) is 0 Å². The zero-order valence-corrected chi connectivity index (χ0v) is 19.1. The number of hydrogen-bond donors (Lipinski definition) is 2. The van der Waals surface area contributed by atoms with Gasteiger partial charge in [0, 0.05) is 22.6 Å². The first-order valence-electron chi connectivity index (χ1n) is 11.0. The lowest BCUT2D eigenvalue weighted by molar-refractivity contribution is -0.163. The van der Waals surface area contributed by atoms with Crippen molar-refractivity contribution in [3.05, 3.63) is 46.5 Å². The monoisotopic (exact) mass is 471 g/mol. The summed E-state index contributed by atoms with van der Waals surface area (Å²) in [4.78, 5) is 55.1. The first kappa shape index (κ1) is 22.0. The SMILES string of the molecule is C[C@@H](O)[C@H]1C(=O)N2C(C(=O)O)=C(S[C@H]3C[C@H]4C(=O)N(Cc5ccccc5)C(=O)N4C3)[C@H](C)[C@H]12. The number of nitrogens with zero attached hydrogens (tertiary/aromatic N) is 3. The Morgan fingerprint density at radius 2 is 1.88 bits per heavy atom. The van der Waals surface area contributed by atoms with E-state index in [0.29, 0.717) is 17.9 Å². The van der Waals surface area contributed by atoms with Gasteiger partial charge in [-0.15, -0.1) is 11.8 Å². The molecule has 10 heteroatoms. The molecule has 4 aliphatic rings. The number of fused-ring (bicyclic) bond motifs is 2. The molecule has 174 valence electrons. The van der Waals surface area contributed by atoms with Crippen LogP contribution in [-0.4, -0.2) is 78.7 Å². The van der Waals surface area contributed by atoms with Crippen LogP contribution in [0.5, 0.6) is 0 Å². The Morgan fingerprint density at radius 3 is 2.48 bits per heavy atom.